The maximum atomic E-state index is 5.42. The van der Waals surface area contributed by atoms with Crippen LogP contribution >= 0.6 is 0 Å². The molecule has 0 saturated carbocycles. The summed E-state index contributed by atoms with van der Waals surface area (Å²) >= 11 is 0. The molecule has 1 N–H and O–H groups in total. The molecule has 34 heavy (non-hydrogen) atoms. The fourth-order valence-corrected chi connectivity index (χ4v) is 4.24. The monoisotopic (exact) mass is 450 g/mol. The van der Waals surface area contributed by atoms with Gasteiger partial charge in [-0.1, -0.05) is 42.0 Å². The summed E-state index contributed by atoms with van der Waals surface area (Å²) < 4.78 is 10.8. The number of fused-ring (bicyclic) bond motifs is 3. The number of anilines is 2. The molecule has 6 nitrogen and oxygen atoms in total. The smallest absolute Gasteiger partial charge is 0.227 e. The summed E-state index contributed by atoms with van der Waals surface area (Å²) in [5.41, 5.74) is 9.34. The molecular weight excluding hydrogens is 424 g/mol. The lowest BCUT2D eigenvalue weighted by Gasteiger charge is -2.14. The first-order chi connectivity index (χ1) is 16.6. The van der Waals surface area contributed by atoms with Crippen LogP contribution in [-0.4, -0.2) is 29.9 Å². The van der Waals surface area contributed by atoms with Gasteiger partial charge in [0.1, 0.15) is 0 Å². The van der Waals surface area contributed by atoms with Gasteiger partial charge in [-0.05, 0) is 37.6 Å². The molecule has 0 spiro atoms. The van der Waals surface area contributed by atoms with Gasteiger partial charge in [0.2, 0.25) is 5.95 Å². The van der Waals surface area contributed by atoms with Crippen molar-refractivity contribution in [2.45, 2.75) is 20.4 Å². The second-order valence-electron chi connectivity index (χ2n) is 8.29. The minimum atomic E-state index is 0.511. The van der Waals surface area contributed by atoms with E-state index in [2.05, 4.69) is 66.6 Å². The zero-order valence-electron chi connectivity index (χ0n) is 19.7. The van der Waals surface area contributed by atoms with Gasteiger partial charge in [0.25, 0.3) is 0 Å². The standard InChI is InChI=1S/C28H26N4O2/c1-17-9-11-22-23(13-17)27(21-8-6-5-7-18(21)2)29-15-19-16-30-28(32-26(19)22)31-20-10-12-24(33-3)25(14-20)34-4/h5-14,16H,15H2,1-4H3,(H,30,31,32). The van der Waals surface area contributed by atoms with Gasteiger partial charge in [-0.3, -0.25) is 4.99 Å². The van der Waals surface area contributed by atoms with E-state index in [1.807, 2.05) is 24.4 Å². The molecular formula is C28H26N4O2. The molecule has 0 bridgehead atoms. The summed E-state index contributed by atoms with van der Waals surface area (Å²) in [6, 6.07) is 20.4. The van der Waals surface area contributed by atoms with Gasteiger partial charge in [0.05, 0.1) is 32.2 Å². The van der Waals surface area contributed by atoms with E-state index in [0.717, 1.165) is 39.3 Å². The molecule has 1 aliphatic heterocycles. The third-order valence-corrected chi connectivity index (χ3v) is 6.00. The third kappa shape index (κ3) is 3.99. The Morgan fingerprint density at radius 1 is 0.824 bits per heavy atom. The number of nitrogens with one attached hydrogen (secondary N) is 1. The molecule has 0 amide bonds. The molecule has 0 aliphatic carbocycles. The second-order valence-corrected chi connectivity index (χ2v) is 8.29. The van der Waals surface area contributed by atoms with Crippen LogP contribution in [0, 0.1) is 13.8 Å². The fraction of sp³-hybridized carbons (Fsp3) is 0.179. The van der Waals surface area contributed by atoms with Crippen LogP contribution in [0.5, 0.6) is 11.5 Å². The van der Waals surface area contributed by atoms with Crippen LogP contribution in [-0.2, 0) is 6.54 Å². The van der Waals surface area contributed by atoms with Gasteiger partial charge in [0, 0.05) is 40.2 Å². The third-order valence-electron chi connectivity index (χ3n) is 6.00. The summed E-state index contributed by atoms with van der Waals surface area (Å²) in [6.45, 7) is 4.74. The Hall–Kier alpha value is -4.19. The van der Waals surface area contributed by atoms with E-state index in [0.29, 0.717) is 24.0 Å². The lowest BCUT2D eigenvalue weighted by Crippen LogP contribution is -2.07. The van der Waals surface area contributed by atoms with Gasteiger partial charge < -0.3 is 14.8 Å². The van der Waals surface area contributed by atoms with Crippen molar-refractivity contribution >= 4 is 17.3 Å². The van der Waals surface area contributed by atoms with Crippen LogP contribution < -0.4 is 14.8 Å². The summed E-state index contributed by atoms with van der Waals surface area (Å²) in [6.07, 6.45) is 1.86. The number of hydrogen-bond donors (Lipinski definition) is 1. The molecule has 1 aromatic heterocycles. The summed E-state index contributed by atoms with van der Waals surface area (Å²) in [7, 11) is 3.23. The summed E-state index contributed by atoms with van der Waals surface area (Å²) in [5.74, 6) is 1.82. The number of aromatic nitrogens is 2. The van der Waals surface area contributed by atoms with Crippen molar-refractivity contribution in [3.8, 4) is 22.8 Å². The van der Waals surface area contributed by atoms with Gasteiger partial charge in [-0.15, -0.1) is 0 Å². The number of nitrogens with zero attached hydrogens (tertiary/aromatic N) is 3. The first kappa shape index (κ1) is 21.6. The van der Waals surface area contributed by atoms with E-state index in [1.54, 1.807) is 14.2 Å². The van der Waals surface area contributed by atoms with Gasteiger partial charge in [-0.2, -0.15) is 0 Å². The van der Waals surface area contributed by atoms with Crippen molar-refractivity contribution in [3.63, 3.8) is 0 Å². The molecule has 5 rings (SSSR count). The lowest BCUT2D eigenvalue weighted by atomic mass is 9.92. The molecule has 3 aromatic carbocycles. The predicted octanol–water partition coefficient (Wildman–Crippen LogP) is 5.87. The van der Waals surface area contributed by atoms with Crippen molar-refractivity contribution in [3.05, 3.63) is 94.7 Å². The Kier molecular flexibility index (Phi) is 5.72. The van der Waals surface area contributed by atoms with Gasteiger partial charge in [0.15, 0.2) is 11.5 Å². The second kappa shape index (κ2) is 8.98. The van der Waals surface area contributed by atoms with Crippen LogP contribution in [0.4, 0.5) is 11.6 Å². The average molecular weight is 451 g/mol. The van der Waals surface area contributed by atoms with E-state index < -0.39 is 0 Å². The zero-order valence-corrected chi connectivity index (χ0v) is 19.7. The maximum absolute atomic E-state index is 5.42. The predicted molar refractivity (Wildman–Crippen MR) is 136 cm³/mol. The van der Waals surface area contributed by atoms with Crippen molar-refractivity contribution in [2.75, 3.05) is 19.5 Å². The molecule has 6 heteroatoms. The lowest BCUT2D eigenvalue weighted by molar-refractivity contribution is 0.355. The van der Waals surface area contributed by atoms with Crippen molar-refractivity contribution < 1.29 is 9.47 Å². The maximum Gasteiger partial charge on any atom is 0.227 e. The minimum absolute atomic E-state index is 0.511. The number of benzene rings is 3. The number of aliphatic imine (C=N–C) groups is 1. The molecule has 170 valence electrons. The highest BCUT2D eigenvalue weighted by Crippen LogP contribution is 2.34. The highest BCUT2D eigenvalue weighted by molar-refractivity contribution is 6.17. The number of methoxy groups -OCH3 is 2. The highest BCUT2D eigenvalue weighted by Gasteiger charge is 2.22. The normalized spacial score (nSPS) is 12.2. The Balaban J connectivity index is 1.58. The van der Waals surface area contributed by atoms with Gasteiger partial charge in [-0.25, -0.2) is 9.97 Å². The highest BCUT2D eigenvalue weighted by atomic mass is 16.5. The van der Waals surface area contributed by atoms with Crippen LogP contribution in [0.2, 0.25) is 0 Å². The summed E-state index contributed by atoms with van der Waals surface area (Å²) in [4.78, 5) is 14.5. The molecule has 0 fully saturated rings. The Labute approximate surface area is 199 Å². The SMILES string of the molecule is COc1ccc(Nc2ncc3c(n2)-c2ccc(C)cc2C(c2ccccc2C)=NC3)cc1OC. The van der Waals surface area contributed by atoms with Crippen molar-refractivity contribution in [2.24, 2.45) is 4.99 Å². The number of rotatable bonds is 5. The number of ether oxygens (including phenoxy) is 2. The average Bonchev–Trinajstić information content (AvgIpc) is 3.00. The molecule has 0 saturated heterocycles. The zero-order chi connectivity index (χ0) is 23.7. The van der Waals surface area contributed by atoms with E-state index >= 15 is 0 Å². The quantitative estimate of drug-likeness (QED) is 0.412. The van der Waals surface area contributed by atoms with Crippen LogP contribution in [0.3, 0.4) is 0 Å². The Bertz CT molecular complexity index is 1410. The van der Waals surface area contributed by atoms with Crippen LogP contribution in [0.1, 0.15) is 27.8 Å². The number of aryl methyl sites for hydroxylation is 2. The van der Waals surface area contributed by atoms with Gasteiger partial charge >= 0.3 is 0 Å². The molecule has 1 aliphatic rings. The first-order valence-electron chi connectivity index (χ1n) is 11.1. The molecule has 4 aromatic rings. The minimum Gasteiger partial charge on any atom is -0.493 e. The van der Waals surface area contributed by atoms with Crippen molar-refractivity contribution in [1.82, 2.24) is 9.97 Å². The summed E-state index contributed by atoms with van der Waals surface area (Å²) in [5, 5.41) is 3.30. The molecule has 2 heterocycles. The largest absolute Gasteiger partial charge is 0.493 e. The Morgan fingerprint density at radius 3 is 2.44 bits per heavy atom. The van der Waals surface area contributed by atoms with Crippen LogP contribution in [0.25, 0.3) is 11.3 Å². The molecule has 0 atom stereocenters. The molecule has 0 unspecified atom stereocenters. The Morgan fingerprint density at radius 2 is 1.65 bits per heavy atom. The van der Waals surface area contributed by atoms with E-state index in [1.165, 1.54) is 11.1 Å². The van der Waals surface area contributed by atoms with E-state index in [9.17, 15) is 0 Å². The number of hydrogen-bond acceptors (Lipinski definition) is 6. The van der Waals surface area contributed by atoms with E-state index in [4.69, 9.17) is 19.5 Å². The van der Waals surface area contributed by atoms with Crippen LogP contribution in [0.15, 0.2) is 71.9 Å². The fourth-order valence-electron chi connectivity index (χ4n) is 4.24. The van der Waals surface area contributed by atoms with Crippen molar-refractivity contribution in [1.29, 1.82) is 0 Å². The van der Waals surface area contributed by atoms with E-state index in [-0.39, 0.29) is 0 Å². The first-order valence-corrected chi connectivity index (χ1v) is 11.1. The topological polar surface area (TPSA) is 68.6 Å². The molecule has 0 radical (unpaired) electrons.